The summed E-state index contributed by atoms with van der Waals surface area (Å²) in [7, 11) is 0. The van der Waals surface area contributed by atoms with Crippen LogP contribution in [0.2, 0.25) is 0 Å². The maximum Gasteiger partial charge on any atom is 0.323 e. The molecule has 136 valence electrons. The van der Waals surface area contributed by atoms with Gasteiger partial charge in [-0.15, -0.1) is 11.3 Å². The normalized spacial score (nSPS) is 15.3. The lowest BCUT2D eigenvalue weighted by Gasteiger charge is -2.34. The van der Waals surface area contributed by atoms with Gasteiger partial charge in [0.05, 0.1) is 5.69 Å². The Labute approximate surface area is 159 Å². The van der Waals surface area contributed by atoms with Crippen LogP contribution in [0.3, 0.4) is 0 Å². The monoisotopic (exact) mass is 389 g/mol. The number of thiophene rings is 1. The van der Waals surface area contributed by atoms with Crippen LogP contribution in [0.15, 0.2) is 32.8 Å². The average Bonchev–Trinajstić information content (AvgIpc) is 3.37. The van der Waals surface area contributed by atoms with Gasteiger partial charge in [-0.25, -0.2) is 9.78 Å². The van der Waals surface area contributed by atoms with Crippen LogP contribution in [0, 0.1) is 6.92 Å². The molecule has 0 radical (unpaired) electrons. The lowest BCUT2D eigenvalue weighted by atomic mass is 10.3. The number of carbonyl (C=O) groups is 1. The van der Waals surface area contributed by atoms with E-state index in [2.05, 4.69) is 37.6 Å². The van der Waals surface area contributed by atoms with Gasteiger partial charge in [-0.05, 0) is 18.4 Å². The zero-order valence-electron chi connectivity index (χ0n) is 14.3. The summed E-state index contributed by atoms with van der Waals surface area (Å²) in [6.45, 7) is 5.64. The Hall–Kier alpha value is -2.23. The van der Waals surface area contributed by atoms with Crippen LogP contribution in [0.4, 0.5) is 10.6 Å². The van der Waals surface area contributed by atoms with Crippen molar-refractivity contribution in [1.82, 2.24) is 19.9 Å². The third-order valence-electron chi connectivity index (χ3n) is 4.23. The highest BCUT2D eigenvalue weighted by Gasteiger charge is 2.22. The van der Waals surface area contributed by atoms with E-state index in [0.29, 0.717) is 24.7 Å². The van der Waals surface area contributed by atoms with Gasteiger partial charge in [-0.2, -0.15) is 11.3 Å². The second-order valence-electron chi connectivity index (χ2n) is 6.17. The Morgan fingerprint density at radius 3 is 2.85 bits per heavy atom. The third-order valence-corrected chi connectivity index (χ3v) is 5.85. The van der Waals surface area contributed by atoms with E-state index in [1.165, 1.54) is 5.56 Å². The van der Waals surface area contributed by atoms with E-state index in [1.807, 2.05) is 0 Å². The van der Waals surface area contributed by atoms with Gasteiger partial charge >= 0.3 is 6.03 Å². The number of urea groups is 1. The predicted octanol–water partition coefficient (Wildman–Crippen LogP) is 3.52. The van der Waals surface area contributed by atoms with Crippen molar-refractivity contribution in [2.24, 2.45) is 0 Å². The van der Waals surface area contributed by atoms with Crippen molar-refractivity contribution in [2.45, 2.75) is 13.5 Å². The van der Waals surface area contributed by atoms with Crippen LogP contribution in [0.5, 0.6) is 0 Å². The lowest BCUT2D eigenvalue weighted by Crippen LogP contribution is -2.49. The van der Waals surface area contributed by atoms with Gasteiger partial charge in [0, 0.05) is 55.1 Å². The number of hydrogen-bond acceptors (Lipinski definition) is 7. The standard InChI is InChI=1S/C17H19N5O2S2/c1-12-8-15(20-24-12)19-17(23)22-5-3-21(4-6-22)9-14-11-26-16(18-14)13-2-7-25-10-13/h2,7-8,10-11H,3-6,9H2,1H3,(H,19,20,23). The number of aryl methyl sites for hydroxylation is 1. The van der Waals surface area contributed by atoms with Crippen LogP contribution in [0.1, 0.15) is 11.5 Å². The Morgan fingerprint density at radius 2 is 2.15 bits per heavy atom. The first kappa shape index (κ1) is 17.2. The molecule has 1 saturated heterocycles. The molecule has 0 bridgehead atoms. The zero-order valence-corrected chi connectivity index (χ0v) is 16.0. The lowest BCUT2D eigenvalue weighted by molar-refractivity contribution is 0.142. The van der Waals surface area contributed by atoms with Crippen molar-refractivity contribution in [1.29, 1.82) is 0 Å². The van der Waals surface area contributed by atoms with Gasteiger partial charge in [0.15, 0.2) is 5.82 Å². The number of anilines is 1. The summed E-state index contributed by atoms with van der Waals surface area (Å²) in [5, 5.41) is 14.0. The van der Waals surface area contributed by atoms with E-state index < -0.39 is 0 Å². The minimum absolute atomic E-state index is 0.133. The van der Waals surface area contributed by atoms with Crippen molar-refractivity contribution in [3.05, 3.63) is 39.7 Å². The molecule has 7 nitrogen and oxygen atoms in total. The molecular weight excluding hydrogens is 370 g/mol. The summed E-state index contributed by atoms with van der Waals surface area (Å²) in [6, 6.07) is 3.68. The molecule has 9 heteroatoms. The van der Waals surface area contributed by atoms with Crippen LogP contribution in [0.25, 0.3) is 10.6 Å². The summed E-state index contributed by atoms with van der Waals surface area (Å²) < 4.78 is 4.97. The molecule has 3 aromatic rings. The first-order chi connectivity index (χ1) is 12.7. The molecular formula is C17H19N5O2S2. The van der Waals surface area contributed by atoms with E-state index in [1.54, 1.807) is 40.6 Å². The largest absolute Gasteiger partial charge is 0.360 e. The third kappa shape index (κ3) is 3.95. The van der Waals surface area contributed by atoms with Crippen LogP contribution in [-0.2, 0) is 6.54 Å². The molecule has 0 aromatic carbocycles. The molecule has 0 atom stereocenters. The summed E-state index contributed by atoms with van der Waals surface area (Å²) >= 11 is 3.37. The quantitative estimate of drug-likeness (QED) is 0.739. The minimum atomic E-state index is -0.133. The molecule has 4 rings (SSSR count). The second kappa shape index (κ2) is 7.56. The van der Waals surface area contributed by atoms with Crippen molar-refractivity contribution >= 4 is 34.5 Å². The van der Waals surface area contributed by atoms with Gasteiger partial charge < -0.3 is 9.42 Å². The molecule has 0 saturated carbocycles. The molecule has 0 unspecified atom stereocenters. The first-order valence-corrected chi connectivity index (χ1v) is 10.2. The molecule has 1 N–H and O–H groups in total. The van der Waals surface area contributed by atoms with Crippen LogP contribution < -0.4 is 5.32 Å². The van der Waals surface area contributed by atoms with E-state index in [0.717, 1.165) is 30.3 Å². The number of nitrogens with one attached hydrogen (secondary N) is 1. The number of thiazole rings is 1. The number of rotatable bonds is 4. The van der Waals surface area contributed by atoms with E-state index in [-0.39, 0.29) is 6.03 Å². The summed E-state index contributed by atoms with van der Waals surface area (Å²) in [6.07, 6.45) is 0. The highest BCUT2D eigenvalue weighted by Crippen LogP contribution is 2.26. The highest BCUT2D eigenvalue weighted by atomic mass is 32.1. The van der Waals surface area contributed by atoms with E-state index in [4.69, 9.17) is 9.51 Å². The number of nitrogens with zero attached hydrogens (tertiary/aromatic N) is 4. The fourth-order valence-corrected chi connectivity index (χ4v) is 4.37. The number of hydrogen-bond donors (Lipinski definition) is 1. The minimum Gasteiger partial charge on any atom is -0.360 e. The molecule has 1 aliphatic rings. The molecule has 1 aliphatic heterocycles. The molecule has 0 aliphatic carbocycles. The zero-order chi connectivity index (χ0) is 17.9. The Balaban J connectivity index is 1.28. The average molecular weight is 390 g/mol. The van der Waals surface area contributed by atoms with Gasteiger partial charge in [0.25, 0.3) is 0 Å². The Kier molecular flexibility index (Phi) is 5.00. The molecule has 3 aromatic heterocycles. The van der Waals surface area contributed by atoms with Gasteiger partial charge in [-0.1, -0.05) is 5.16 Å². The van der Waals surface area contributed by atoms with Crippen molar-refractivity contribution in [3.8, 4) is 10.6 Å². The molecule has 2 amide bonds. The van der Waals surface area contributed by atoms with Crippen molar-refractivity contribution in [2.75, 3.05) is 31.5 Å². The van der Waals surface area contributed by atoms with Gasteiger partial charge in [0.1, 0.15) is 10.8 Å². The van der Waals surface area contributed by atoms with Crippen molar-refractivity contribution < 1.29 is 9.32 Å². The molecule has 0 spiro atoms. The fraction of sp³-hybridized carbons (Fsp3) is 0.353. The molecule has 4 heterocycles. The topological polar surface area (TPSA) is 74.5 Å². The highest BCUT2D eigenvalue weighted by molar-refractivity contribution is 7.14. The fourth-order valence-electron chi connectivity index (χ4n) is 2.85. The molecule has 26 heavy (non-hydrogen) atoms. The first-order valence-electron chi connectivity index (χ1n) is 8.36. The summed E-state index contributed by atoms with van der Waals surface area (Å²) in [5.74, 6) is 1.13. The van der Waals surface area contributed by atoms with Crippen LogP contribution >= 0.6 is 22.7 Å². The van der Waals surface area contributed by atoms with E-state index in [9.17, 15) is 4.79 Å². The SMILES string of the molecule is Cc1cc(NC(=O)N2CCN(Cc3csc(-c4ccsc4)n3)CC2)no1. The Bertz CT molecular complexity index is 865. The maximum absolute atomic E-state index is 12.3. The number of piperazine rings is 1. The second-order valence-corrected chi connectivity index (χ2v) is 7.81. The predicted molar refractivity (Wildman–Crippen MR) is 103 cm³/mol. The van der Waals surface area contributed by atoms with Crippen molar-refractivity contribution in [3.63, 3.8) is 0 Å². The van der Waals surface area contributed by atoms with Gasteiger partial charge in [-0.3, -0.25) is 10.2 Å². The Morgan fingerprint density at radius 1 is 1.31 bits per heavy atom. The van der Waals surface area contributed by atoms with Crippen LogP contribution in [-0.4, -0.2) is 52.2 Å². The van der Waals surface area contributed by atoms with E-state index >= 15 is 0 Å². The number of aromatic nitrogens is 2. The maximum atomic E-state index is 12.3. The number of amides is 2. The number of carbonyl (C=O) groups excluding carboxylic acids is 1. The summed E-state index contributed by atoms with van der Waals surface area (Å²) in [4.78, 5) is 21.1. The van der Waals surface area contributed by atoms with Gasteiger partial charge in [0.2, 0.25) is 0 Å². The summed E-state index contributed by atoms with van der Waals surface area (Å²) in [5.41, 5.74) is 2.28. The smallest absolute Gasteiger partial charge is 0.323 e. The molecule has 1 fully saturated rings.